The van der Waals surface area contributed by atoms with Gasteiger partial charge in [0.1, 0.15) is 12.4 Å². The van der Waals surface area contributed by atoms with E-state index in [0.29, 0.717) is 17.1 Å². The zero-order chi connectivity index (χ0) is 17.8. The van der Waals surface area contributed by atoms with E-state index < -0.39 is 0 Å². The molecule has 4 rings (SSSR count). The summed E-state index contributed by atoms with van der Waals surface area (Å²) in [6, 6.07) is 9.18. The highest BCUT2D eigenvalue weighted by Crippen LogP contribution is 2.18. The average molecular weight is 348 g/mol. The number of rotatable bonds is 4. The number of carbonyl (C=O) groups excluding carboxylic acids is 1. The molecule has 1 aliphatic rings. The van der Waals surface area contributed by atoms with Crippen LogP contribution in [0.3, 0.4) is 0 Å². The Kier molecular flexibility index (Phi) is 4.73. The van der Waals surface area contributed by atoms with E-state index in [9.17, 15) is 4.79 Å². The molecule has 0 unspecified atom stereocenters. The summed E-state index contributed by atoms with van der Waals surface area (Å²) in [4.78, 5) is 27.4. The van der Waals surface area contributed by atoms with Crippen LogP contribution in [0.25, 0.3) is 10.9 Å². The van der Waals surface area contributed by atoms with Gasteiger partial charge in [-0.25, -0.2) is 9.97 Å². The van der Waals surface area contributed by atoms with Crippen LogP contribution in [0.15, 0.2) is 48.9 Å². The van der Waals surface area contributed by atoms with Gasteiger partial charge in [-0.3, -0.25) is 9.78 Å². The molecule has 1 fully saturated rings. The van der Waals surface area contributed by atoms with Gasteiger partial charge in [0.2, 0.25) is 0 Å². The second-order valence-corrected chi connectivity index (χ2v) is 6.39. The number of piperidine rings is 1. The van der Waals surface area contributed by atoms with Gasteiger partial charge in [0, 0.05) is 36.4 Å². The third-order valence-electron chi connectivity index (χ3n) is 4.53. The van der Waals surface area contributed by atoms with Gasteiger partial charge in [-0.1, -0.05) is 6.07 Å². The van der Waals surface area contributed by atoms with Crippen LogP contribution >= 0.6 is 0 Å². The molecule has 3 heterocycles. The first-order valence-corrected chi connectivity index (χ1v) is 8.87. The second-order valence-electron chi connectivity index (χ2n) is 6.39. The Morgan fingerprint density at radius 3 is 2.88 bits per heavy atom. The van der Waals surface area contributed by atoms with Crippen LogP contribution in [0.1, 0.15) is 35.4 Å². The van der Waals surface area contributed by atoms with Crippen molar-refractivity contribution in [1.82, 2.24) is 19.9 Å². The molecule has 3 aromatic rings. The Morgan fingerprint density at radius 1 is 1.12 bits per heavy atom. The Labute approximate surface area is 151 Å². The van der Waals surface area contributed by atoms with E-state index in [1.54, 1.807) is 24.7 Å². The van der Waals surface area contributed by atoms with Crippen molar-refractivity contribution in [3.63, 3.8) is 0 Å². The predicted octanol–water partition coefficient (Wildman–Crippen LogP) is 3.23. The number of ether oxygens (including phenoxy) is 1. The van der Waals surface area contributed by atoms with Crippen molar-refractivity contribution in [3.05, 3.63) is 60.3 Å². The lowest BCUT2D eigenvalue weighted by molar-refractivity contribution is 0.0724. The topological polar surface area (TPSA) is 68.2 Å². The van der Waals surface area contributed by atoms with Gasteiger partial charge in [-0.05, 0) is 43.5 Å². The molecule has 26 heavy (non-hydrogen) atoms. The normalized spacial score (nSPS) is 14.4. The molecule has 0 bridgehead atoms. The SMILES string of the molecule is O=C(c1cccc(OCc2ncc3ccncc3n2)c1)N1CCCCC1. The van der Waals surface area contributed by atoms with Crippen molar-refractivity contribution in [1.29, 1.82) is 0 Å². The van der Waals surface area contributed by atoms with Crippen molar-refractivity contribution in [3.8, 4) is 5.75 Å². The monoisotopic (exact) mass is 348 g/mol. The molecule has 1 aromatic carbocycles. The Morgan fingerprint density at radius 2 is 2.00 bits per heavy atom. The minimum Gasteiger partial charge on any atom is -0.486 e. The molecule has 2 aromatic heterocycles. The fourth-order valence-corrected chi connectivity index (χ4v) is 3.13. The highest BCUT2D eigenvalue weighted by molar-refractivity contribution is 5.94. The van der Waals surface area contributed by atoms with Gasteiger partial charge in [0.15, 0.2) is 5.82 Å². The number of pyridine rings is 1. The standard InChI is InChI=1S/C20H20N4O2/c25-20(24-9-2-1-3-10-24)15-5-4-6-17(11-15)26-14-19-22-12-16-7-8-21-13-18(16)23-19/h4-8,11-13H,1-3,9-10,14H2. The second kappa shape index (κ2) is 7.47. The van der Waals surface area contributed by atoms with Crippen molar-refractivity contribution in [2.75, 3.05) is 13.1 Å². The van der Waals surface area contributed by atoms with Crippen LogP contribution in [0.4, 0.5) is 0 Å². The molecular weight excluding hydrogens is 328 g/mol. The number of nitrogens with zero attached hydrogens (tertiary/aromatic N) is 4. The average Bonchev–Trinajstić information content (AvgIpc) is 2.72. The minimum absolute atomic E-state index is 0.0724. The summed E-state index contributed by atoms with van der Waals surface area (Å²) < 4.78 is 5.80. The number of benzene rings is 1. The number of aromatic nitrogens is 3. The lowest BCUT2D eigenvalue weighted by Crippen LogP contribution is -2.35. The van der Waals surface area contributed by atoms with Crippen LogP contribution in [-0.4, -0.2) is 38.8 Å². The summed E-state index contributed by atoms with van der Waals surface area (Å²) in [6.45, 7) is 1.91. The van der Waals surface area contributed by atoms with Gasteiger partial charge in [-0.15, -0.1) is 0 Å². The van der Waals surface area contributed by atoms with Gasteiger partial charge < -0.3 is 9.64 Å². The maximum atomic E-state index is 12.6. The number of likely N-dealkylation sites (tertiary alicyclic amines) is 1. The van der Waals surface area contributed by atoms with Gasteiger partial charge in [-0.2, -0.15) is 0 Å². The Hall–Kier alpha value is -3.02. The third-order valence-corrected chi connectivity index (χ3v) is 4.53. The number of carbonyl (C=O) groups is 1. The quantitative estimate of drug-likeness (QED) is 0.724. The number of hydrogen-bond acceptors (Lipinski definition) is 5. The fraction of sp³-hybridized carbons (Fsp3) is 0.300. The van der Waals surface area contributed by atoms with Gasteiger partial charge >= 0.3 is 0 Å². The number of hydrogen-bond donors (Lipinski definition) is 0. The Bertz CT molecular complexity index is 922. The molecule has 0 saturated carbocycles. The van der Waals surface area contributed by atoms with Crippen LogP contribution in [0, 0.1) is 0 Å². The van der Waals surface area contributed by atoms with Crippen LogP contribution < -0.4 is 4.74 Å². The first kappa shape index (κ1) is 16.4. The largest absolute Gasteiger partial charge is 0.486 e. The van der Waals surface area contributed by atoms with Crippen LogP contribution in [0.5, 0.6) is 5.75 Å². The van der Waals surface area contributed by atoms with Crippen LogP contribution in [0.2, 0.25) is 0 Å². The van der Waals surface area contributed by atoms with E-state index in [2.05, 4.69) is 15.0 Å². The minimum atomic E-state index is 0.0724. The van der Waals surface area contributed by atoms with Crippen molar-refractivity contribution >= 4 is 16.8 Å². The predicted molar refractivity (Wildman–Crippen MR) is 97.9 cm³/mol. The summed E-state index contributed by atoms with van der Waals surface area (Å²) >= 11 is 0. The van der Waals surface area contributed by atoms with Crippen molar-refractivity contribution in [2.45, 2.75) is 25.9 Å². The molecule has 0 atom stereocenters. The molecule has 0 N–H and O–H groups in total. The van der Waals surface area contributed by atoms with E-state index in [0.717, 1.165) is 36.8 Å². The van der Waals surface area contributed by atoms with E-state index in [4.69, 9.17) is 4.74 Å². The summed E-state index contributed by atoms with van der Waals surface area (Å²) in [6.07, 6.45) is 8.55. The Balaban J connectivity index is 1.45. The van der Waals surface area contributed by atoms with Gasteiger partial charge in [0.05, 0.1) is 11.7 Å². The van der Waals surface area contributed by atoms with Gasteiger partial charge in [0.25, 0.3) is 5.91 Å². The van der Waals surface area contributed by atoms with E-state index in [1.807, 2.05) is 29.2 Å². The molecule has 0 radical (unpaired) electrons. The molecular formula is C20H20N4O2. The van der Waals surface area contributed by atoms with E-state index >= 15 is 0 Å². The van der Waals surface area contributed by atoms with Crippen LogP contribution in [-0.2, 0) is 6.61 Å². The lowest BCUT2D eigenvalue weighted by Gasteiger charge is -2.26. The zero-order valence-electron chi connectivity index (χ0n) is 14.5. The maximum absolute atomic E-state index is 12.6. The highest BCUT2D eigenvalue weighted by Gasteiger charge is 2.18. The summed E-state index contributed by atoms with van der Waals surface area (Å²) in [5.41, 5.74) is 1.45. The van der Waals surface area contributed by atoms with Crippen molar-refractivity contribution in [2.24, 2.45) is 0 Å². The molecule has 6 nitrogen and oxygen atoms in total. The first-order chi connectivity index (χ1) is 12.8. The maximum Gasteiger partial charge on any atom is 0.253 e. The highest BCUT2D eigenvalue weighted by atomic mass is 16.5. The molecule has 1 amide bonds. The first-order valence-electron chi connectivity index (χ1n) is 8.87. The number of fused-ring (bicyclic) bond motifs is 1. The third kappa shape index (κ3) is 3.64. The molecule has 0 spiro atoms. The molecule has 0 aliphatic carbocycles. The summed E-state index contributed by atoms with van der Waals surface area (Å²) in [7, 11) is 0. The molecule has 132 valence electrons. The lowest BCUT2D eigenvalue weighted by atomic mass is 10.1. The molecule has 6 heteroatoms. The van der Waals surface area contributed by atoms with E-state index in [-0.39, 0.29) is 12.5 Å². The van der Waals surface area contributed by atoms with E-state index in [1.165, 1.54) is 6.42 Å². The fourth-order valence-electron chi connectivity index (χ4n) is 3.13. The zero-order valence-corrected chi connectivity index (χ0v) is 14.5. The molecule has 1 aliphatic heterocycles. The summed E-state index contributed by atoms with van der Waals surface area (Å²) in [5, 5.41) is 0.942. The smallest absolute Gasteiger partial charge is 0.253 e. The molecule has 1 saturated heterocycles. The van der Waals surface area contributed by atoms with Crippen molar-refractivity contribution < 1.29 is 9.53 Å². The number of amides is 1. The summed E-state index contributed by atoms with van der Waals surface area (Å²) in [5.74, 6) is 1.30.